The van der Waals surface area contributed by atoms with E-state index < -0.39 is 65.1 Å². The van der Waals surface area contributed by atoms with Crippen molar-refractivity contribution in [1.29, 1.82) is 0 Å². The minimum absolute atomic E-state index is 0.0329. The highest BCUT2D eigenvalue weighted by atomic mass is 32.2. The van der Waals surface area contributed by atoms with Gasteiger partial charge in [-0.25, -0.2) is 14.3 Å². The van der Waals surface area contributed by atoms with Crippen LogP contribution in [-0.4, -0.2) is 135 Å². The van der Waals surface area contributed by atoms with E-state index in [1.165, 1.54) is 33.1 Å². The Morgan fingerprint density at radius 2 is 1.84 bits per heavy atom. The number of hydrogen-bond acceptors (Lipinski definition) is 12. The molecular weight excluding hydrogens is 618 g/mol. The van der Waals surface area contributed by atoms with Gasteiger partial charge in [-0.1, -0.05) is 11.8 Å². The number of tetrazole rings is 1. The van der Waals surface area contributed by atoms with Crippen LogP contribution in [0.2, 0.25) is 0 Å². The molecule has 0 spiro atoms. The normalized spacial score (nSPS) is 26.2. The highest BCUT2D eigenvalue weighted by Gasteiger charge is 2.55. The van der Waals surface area contributed by atoms with E-state index >= 15 is 0 Å². The highest BCUT2D eigenvalue weighted by molar-refractivity contribution is 8.01. The number of carbonyl (C=O) groups excluding carboxylic acids is 5. The van der Waals surface area contributed by atoms with Crippen LogP contribution in [0.4, 0.5) is 4.79 Å². The molecule has 1 aromatic rings. The lowest BCUT2D eigenvalue weighted by molar-refractivity contribution is -0.153. The molecule has 3 unspecified atom stereocenters. The number of hydrogen-bond donors (Lipinski definition) is 4. The number of nitrogens with one attached hydrogen (secondary N) is 2. The first-order chi connectivity index (χ1) is 21.0. The Hall–Kier alpha value is -3.71. The maximum Gasteiger partial charge on any atom is 0.352 e. The van der Waals surface area contributed by atoms with Gasteiger partial charge < -0.3 is 25.7 Å². The molecule has 6 amide bonds. The summed E-state index contributed by atoms with van der Waals surface area (Å²) in [7, 11) is 1.65. The molecule has 0 bridgehead atoms. The number of thioether (sulfide) groups is 2. The van der Waals surface area contributed by atoms with Crippen LogP contribution >= 0.6 is 23.5 Å². The van der Waals surface area contributed by atoms with Crippen molar-refractivity contribution >= 4 is 59.2 Å². The lowest BCUT2D eigenvalue weighted by atomic mass is 9.82. The van der Waals surface area contributed by atoms with Crippen LogP contribution in [0.3, 0.4) is 0 Å². The summed E-state index contributed by atoms with van der Waals surface area (Å²) in [6.07, 6.45) is 1.10. The summed E-state index contributed by atoms with van der Waals surface area (Å²) in [4.78, 5) is 80.6. The second kappa shape index (κ2) is 13.1. The van der Waals surface area contributed by atoms with Gasteiger partial charge in [0, 0.05) is 38.2 Å². The molecule has 1 saturated carbocycles. The lowest BCUT2D eigenvalue weighted by Crippen LogP contribution is -2.72. The van der Waals surface area contributed by atoms with Crippen molar-refractivity contribution in [3.63, 3.8) is 0 Å². The number of β-lactam (4-membered cyclic amide) rings is 1. The zero-order valence-corrected chi connectivity index (χ0v) is 25.7. The van der Waals surface area contributed by atoms with Gasteiger partial charge >= 0.3 is 23.8 Å². The average molecular weight is 652 g/mol. The molecule has 44 heavy (non-hydrogen) atoms. The summed E-state index contributed by atoms with van der Waals surface area (Å²) in [5.41, 5.74) is 0.366. The minimum atomic E-state index is -1.27. The first-order valence-corrected chi connectivity index (χ1v) is 16.2. The fraction of sp³-hybridized carbons (Fsp3) is 0.640. The molecule has 3 aliphatic heterocycles. The molecule has 4 N–H and O–H groups in total. The number of aliphatic hydroxyl groups excluding tert-OH is 1. The summed E-state index contributed by atoms with van der Waals surface area (Å²) >= 11 is 2.54. The predicted molar refractivity (Wildman–Crippen MR) is 153 cm³/mol. The van der Waals surface area contributed by atoms with E-state index in [1.54, 1.807) is 14.0 Å². The minimum Gasteiger partial charge on any atom is -0.477 e. The van der Waals surface area contributed by atoms with Crippen molar-refractivity contribution in [3.8, 4) is 0 Å². The largest absolute Gasteiger partial charge is 0.477 e. The third-order valence-corrected chi connectivity index (χ3v) is 10.7. The fourth-order valence-electron chi connectivity index (χ4n) is 5.75. The summed E-state index contributed by atoms with van der Waals surface area (Å²) < 4.78 is 1.45. The molecule has 0 aromatic carbocycles. The zero-order chi connectivity index (χ0) is 31.7. The fourth-order valence-corrected chi connectivity index (χ4v) is 8.08. The van der Waals surface area contributed by atoms with Gasteiger partial charge in [-0.3, -0.25) is 29.0 Å². The Balaban J connectivity index is 1.29. The summed E-state index contributed by atoms with van der Waals surface area (Å²) in [6.45, 7) is 2.18. The monoisotopic (exact) mass is 651 g/mol. The number of carbonyl (C=O) groups is 6. The van der Waals surface area contributed by atoms with Gasteiger partial charge in [0.1, 0.15) is 23.2 Å². The van der Waals surface area contributed by atoms with E-state index in [0.717, 1.165) is 9.80 Å². The number of rotatable bonds is 9. The number of carboxylic acid groups (broad SMARTS) is 1. The number of aromatic nitrogens is 4. The Bertz CT molecular complexity index is 1400. The first kappa shape index (κ1) is 31.7. The quantitative estimate of drug-likeness (QED) is 0.134. The predicted octanol–water partition coefficient (Wildman–Crippen LogP) is -1.64. The summed E-state index contributed by atoms with van der Waals surface area (Å²) in [5, 5.41) is 36.3. The van der Waals surface area contributed by atoms with Gasteiger partial charge in [-0.15, -0.1) is 16.9 Å². The molecule has 17 nitrogen and oxygen atoms in total. The van der Waals surface area contributed by atoms with Crippen molar-refractivity contribution in [2.75, 3.05) is 31.1 Å². The molecular formula is C25H33N9O8S2. The number of aliphatic hydroxyl groups is 1. The van der Waals surface area contributed by atoms with E-state index in [0.29, 0.717) is 48.7 Å². The molecule has 4 heterocycles. The number of nitrogens with zero attached hydrogens (tertiary/aromatic N) is 7. The first-order valence-electron chi connectivity index (χ1n) is 14.2. The van der Waals surface area contributed by atoms with E-state index in [2.05, 4.69) is 26.2 Å². The maximum atomic E-state index is 13.7. The number of urea groups is 1. The second-order valence-electron chi connectivity index (χ2n) is 10.9. The number of likely N-dealkylation sites (N-methyl/N-ethyl adjacent to an activating group) is 1. The molecule has 3 fully saturated rings. The highest BCUT2D eigenvalue weighted by Crippen LogP contribution is 2.41. The molecule has 19 heteroatoms. The van der Waals surface area contributed by atoms with E-state index in [-0.39, 0.29) is 24.5 Å². The van der Waals surface area contributed by atoms with E-state index in [1.807, 2.05) is 0 Å². The number of aliphatic carboxylic acids is 1. The smallest absolute Gasteiger partial charge is 0.352 e. The molecule has 2 saturated heterocycles. The van der Waals surface area contributed by atoms with Crippen LogP contribution in [-0.2, 0) is 31.0 Å². The standard InChI is InChI=1S/C25H33N9O8S2/c1-3-32-8-9-33(21(39)20(32)38)24(42)27-15(12-4-6-14(35)7-5-12)18(36)26-16-19(37)34-17(23(40)41)13(10-43-22(16)34)11-44-25-28-29-30-31(25)2/h12,14-16,22,35H,3-11H2,1-2H3,(H,26,36)(H,27,42)(H,40,41). The zero-order valence-electron chi connectivity index (χ0n) is 24.0. The topological polar surface area (TPSA) is 220 Å². The number of carboxylic acids is 1. The lowest BCUT2D eigenvalue weighted by Gasteiger charge is -2.50. The third-order valence-electron chi connectivity index (χ3n) is 8.21. The van der Waals surface area contributed by atoms with Gasteiger partial charge in [0.05, 0.1) is 6.10 Å². The number of amides is 6. The van der Waals surface area contributed by atoms with Gasteiger partial charge in [-0.2, -0.15) is 0 Å². The third kappa shape index (κ3) is 6.12. The van der Waals surface area contributed by atoms with Crippen molar-refractivity contribution in [3.05, 3.63) is 11.3 Å². The van der Waals surface area contributed by atoms with Crippen LogP contribution in [0.25, 0.3) is 0 Å². The van der Waals surface area contributed by atoms with Gasteiger partial charge in [0.2, 0.25) is 11.1 Å². The van der Waals surface area contributed by atoms with Crippen LogP contribution < -0.4 is 10.6 Å². The average Bonchev–Trinajstić information content (AvgIpc) is 3.42. The summed E-state index contributed by atoms with van der Waals surface area (Å²) in [5.74, 6) is -4.20. The Morgan fingerprint density at radius 3 is 2.48 bits per heavy atom. The number of piperazine rings is 1. The van der Waals surface area contributed by atoms with Crippen LogP contribution in [0.15, 0.2) is 16.4 Å². The number of fused-ring (bicyclic) bond motifs is 1. The Kier molecular flexibility index (Phi) is 9.45. The van der Waals surface area contributed by atoms with Crippen LogP contribution in [0, 0.1) is 5.92 Å². The van der Waals surface area contributed by atoms with Gasteiger partial charge in [0.15, 0.2) is 0 Å². The SMILES string of the molecule is CCN1CCN(C(=O)NC(C(=O)NC2C(=O)N3C(C(=O)O)=C(CSc4nnnn4C)CSC23)C2CCC(O)CC2)C(=O)C1=O. The maximum absolute atomic E-state index is 13.7. The van der Waals surface area contributed by atoms with Crippen LogP contribution in [0.1, 0.15) is 32.6 Å². The van der Waals surface area contributed by atoms with Crippen molar-refractivity contribution in [2.24, 2.45) is 13.0 Å². The molecule has 238 valence electrons. The van der Waals surface area contributed by atoms with Gasteiger partial charge in [-0.05, 0) is 54.5 Å². The molecule has 0 radical (unpaired) electrons. The van der Waals surface area contributed by atoms with Crippen LogP contribution in [0.5, 0.6) is 0 Å². The second-order valence-corrected chi connectivity index (χ2v) is 12.9. The van der Waals surface area contributed by atoms with Crippen molar-refractivity contribution in [1.82, 2.24) is 45.5 Å². The Morgan fingerprint density at radius 1 is 1.11 bits per heavy atom. The molecule has 5 rings (SSSR count). The van der Waals surface area contributed by atoms with Crippen molar-refractivity contribution < 1.29 is 39.0 Å². The van der Waals surface area contributed by atoms with Crippen molar-refractivity contribution in [2.45, 2.75) is 61.3 Å². The summed E-state index contributed by atoms with van der Waals surface area (Å²) in [6, 6.07) is -3.08. The molecule has 1 aromatic heterocycles. The molecule has 1 aliphatic carbocycles. The molecule has 3 atom stereocenters. The number of imide groups is 1. The van der Waals surface area contributed by atoms with E-state index in [9.17, 15) is 39.0 Å². The number of aryl methyl sites for hydroxylation is 1. The Labute approximate surface area is 260 Å². The van der Waals surface area contributed by atoms with Gasteiger partial charge in [0.25, 0.3) is 5.91 Å². The van der Waals surface area contributed by atoms with E-state index in [4.69, 9.17) is 0 Å². The molecule has 4 aliphatic rings.